The number of pyridine rings is 1. The van der Waals surface area contributed by atoms with Crippen molar-refractivity contribution in [1.82, 2.24) is 4.98 Å². The maximum atomic E-state index is 13.6. The Kier molecular flexibility index (Phi) is 4.19. The van der Waals surface area contributed by atoms with Gasteiger partial charge in [-0.05, 0) is 52.2 Å². The van der Waals surface area contributed by atoms with Crippen LogP contribution >= 0.6 is 27.5 Å². The number of aryl methyl sites for hydroxylation is 1. The van der Waals surface area contributed by atoms with Crippen LogP contribution in [0.15, 0.2) is 34.9 Å². The second-order valence-corrected chi connectivity index (χ2v) is 4.97. The van der Waals surface area contributed by atoms with Gasteiger partial charge in [-0.25, -0.2) is 9.37 Å². The molecule has 2 rings (SSSR count). The summed E-state index contributed by atoms with van der Waals surface area (Å²) < 4.78 is 19.5. The fourth-order valence-corrected chi connectivity index (χ4v) is 2.03. The summed E-state index contributed by atoms with van der Waals surface area (Å²) in [5.41, 5.74) is 0.951. The maximum Gasteiger partial charge on any atom is 0.255 e. The Hall–Kier alpha value is -1.13. The molecule has 0 aliphatic rings. The largest absolute Gasteiger partial charge is 0.436 e. The number of ether oxygens (including phenoxy) is 1. The molecule has 1 aromatic carbocycles. The molecule has 0 aliphatic carbocycles. The van der Waals surface area contributed by atoms with Gasteiger partial charge in [-0.2, -0.15) is 0 Å². The number of hydrogen-bond acceptors (Lipinski definition) is 2. The summed E-state index contributed by atoms with van der Waals surface area (Å²) in [4.78, 5) is 3.87. The summed E-state index contributed by atoms with van der Waals surface area (Å²) in [5.74, 6) is -0.0510. The van der Waals surface area contributed by atoms with E-state index in [1.54, 1.807) is 18.2 Å². The number of nitrogens with zero attached hydrogens (tertiary/aromatic N) is 1. The van der Waals surface area contributed by atoms with Crippen molar-refractivity contribution < 1.29 is 9.13 Å². The number of benzene rings is 1. The van der Waals surface area contributed by atoms with E-state index in [9.17, 15) is 4.39 Å². The van der Waals surface area contributed by atoms with E-state index in [1.807, 2.05) is 6.92 Å². The molecule has 18 heavy (non-hydrogen) atoms. The van der Waals surface area contributed by atoms with Crippen LogP contribution in [0.25, 0.3) is 0 Å². The molecule has 5 heteroatoms. The van der Waals surface area contributed by atoms with Crippen LogP contribution < -0.4 is 4.74 Å². The molecule has 94 valence electrons. The van der Waals surface area contributed by atoms with E-state index in [4.69, 9.17) is 16.3 Å². The molecule has 2 nitrogen and oxygen atoms in total. The average Bonchev–Trinajstić information content (AvgIpc) is 2.35. The monoisotopic (exact) mass is 329 g/mol. The first-order chi connectivity index (χ1) is 8.60. The molecular weight excluding hydrogens is 321 g/mol. The summed E-state index contributed by atoms with van der Waals surface area (Å²) in [7, 11) is 0. The number of aromatic nitrogens is 1. The van der Waals surface area contributed by atoms with Gasteiger partial charge in [0.05, 0.1) is 0 Å². The van der Waals surface area contributed by atoms with Crippen LogP contribution in [0.3, 0.4) is 0 Å². The normalized spacial score (nSPS) is 10.4. The third-order valence-electron chi connectivity index (χ3n) is 2.39. The minimum atomic E-state index is -0.516. The van der Waals surface area contributed by atoms with E-state index in [2.05, 4.69) is 20.9 Å². The third kappa shape index (κ3) is 3.00. The van der Waals surface area contributed by atoms with Gasteiger partial charge in [0.25, 0.3) is 5.88 Å². The molecule has 1 aromatic heterocycles. The average molecular weight is 331 g/mol. The number of hydrogen-bond donors (Lipinski definition) is 0. The molecule has 0 amide bonds. The SMILES string of the molecule is CCc1cc(Oc2ncc(Br)cc2F)ccc1Cl. The van der Waals surface area contributed by atoms with Gasteiger partial charge in [0.1, 0.15) is 5.75 Å². The highest BCUT2D eigenvalue weighted by Gasteiger charge is 2.08. The highest BCUT2D eigenvalue weighted by molar-refractivity contribution is 9.10. The lowest BCUT2D eigenvalue weighted by Gasteiger charge is -2.08. The minimum Gasteiger partial charge on any atom is -0.436 e. The van der Waals surface area contributed by atoms with Crippen LogP contribution in [0.2, 0.25) is 5.02 Å². The summed E-state index contributed by atoms with van der Waals surface area (Å²) in [6, 6.07) is 6.50. The molecule has 2 aromatic rings. The van der Waals surface area contributed by atoms with Crippen LogP contribution in [0, 0.1) is 5.82 Å². The van der Waals surface area contributed by atoms with Gasteiger partial charge in [0.2, 0.25) is 0 Å². The smallest absolute Gasteiger partial charge is 0.255 e. The standard InChI is InChI=1S/C13H10BrClFNO/c1-2-8-5-10(3-4-11(8)15)18-13-12(16)6-9(14)7-17-13/h3-7H,2H2,1H3. The molecule has 0 unspecified atom stereocenters. The van der Waals surface area contributed by atoms with Crippen LogP contribution in [-0.4, -0.2) is 4.98 Å². The molecule has 0 aliphatic heterocycles. The lowest BCUT2D eigenvalue weighted by molar-refractivity contribution is 0.422. The van der Waals surface area contributed by atoms with Crippen LogP contribution in [0.5, 0.6) is 11.6 Å². The van der Waals surface area contributed by atoms with E-state index >= 15 is 0 Å². The van der Waals surface area contributed by atoms with Crippen LogP contribution in [-0.2, 0) is 6.42 Å². The Bertz CT molecular complexity index is 577. The van der Waals surface area contributed by atoms with Crippen molar-refractivity contribution >= 4 is 27.5 Å². The van der Waals surface area contributed by atoms with Crippen molar-refractivity contribution in [3.8, 4) is 11.6 Å². The lowest BCUT2D eigenvalue weighted by Crippen LogP contribution is -1.93. The Balaban J connectivity index is 2.28. The van der Waals surface area contributed by atoms with E-state index in [-0.39, 0.29) is 5.88 Å². The van der Waals surface area contributed by atoms with E-state index in [1.165, 1.54) is 12.3 Å². The molecule has 0 saturated heterocycles. The predicted octanol–water partition coefficient (Wildman–Crippen LogP) is 4.99. The first kappa shape index (κ1) is 13.3. The van der Waals surface area contributed by atoms with Crippen LogP contribution in [0.4, 0.5) is 4.39 Å². The third-order valence-corrected chi connectivity index (χ3v) is 3.19. The van der Waals surface area contributed by atoms with Crippen LogP contribution in [0.1, 0.15) is 12.5 Å². The van der Waals surface area contributed by atoms with E-state index in [0.29, 0.717) is 15.2 Å². The van der Waals surface area contributed by atoms with Crippen molar-refractivity contribution in [3.05, 3.63) is 51.3 Å². The Morgan fingerprint density at radius 2 is 2.17 bits per heavy atom. The lowest BCUT2D eigenvalue weighted by atomic mass is 10.1. The predicted molar refractivity (Wildman–Crippen MR) is 72.8 cm³/mol. The molecule has 0 bridgehead atoms. The zero-order valence-corrected chi connectivity index (χ0v) is 11.9. The van der Waals surface area contributed by atoms with Crippen molar-refractivity contribution in [3.63, 3.8) is 0 Å². The molecule has 0 fully saturated rings. The molecule has 0 atom stereocenters. The van der Waals surface area contributed by atoms with Crippen molar-refractivity contribution in [2.45, 2.75) is 13.3 Å². The fraction of sp³-hybridized carbons (Fsp3) is 0.154. The quantitative estimate of drug-likeness (QED) is 0.791. The highest BCUT2D eigenvalue weighted by Crippen LogP contribution is 2.27. The van der Waals surface area contributed by atoms with Gasteiger partial charge in [-0.15, -0.1) is 0 Å². The van der Waals surface area contributed by atoms with Crippen molar-refractivity contribution in [1.29, 1.82) is 0 Å². The molecule has 0 N–H and O–H groups in total. The molecule has 1 heterocycles. The number of rotatable bonds is 3. The Morgan fingerprint density at radius 3 is 2.83 bits per heavy atom. The van der Waals surface area contributed by atoms with Gasteiger partial charge < -0.3 is 4.74 Å². The van der Waals surface area contributed by atoms with Crippen molar-refractivity contribution in [2.24, 2.45) is 0 Å². The van der Waals surface area contributed by atoms with Gasteiger partial charge in [-0.3, -0.25) is 0 Å². The van der Waals surface area contributed by atoms with E-state index in [0.717, 1.165) is 12.0 Å². The summed E-state index contributed by atoms with van der Waals surface area (Å²) in [6.07, 6.45) is 2.27. The fourth-order valence-electron chi connectivity index (χ4n) is 1.47. The summed E-state index contributed by atoms with van der Waals surface area (Å²) in [5, 5.41) is 0.675. The molecular formula is C13H10BrClFNO. The van der Waals surface area contributed by atoms with E-state index < -0.39 is 5.82 Å². The summed E-state index contributed by atoms with van der Waals surface area (Å²) in [6.45, 7) is 1.99. The van der Waals surface area contributed by atoms with Gasteiger partial charge in [-0.1, -0.05) is 18.5 Å². The second kappa shape index (κ2) is 5.67. The zero-order valence-electron chi connectivity index (χ0n) is 9.58. The van der Waals surface area contributed by atoms with Gasteiger partial charge in [0, 0.05) is 15.7 Å². The molecule has 0 saturated carbocycles. The van der Waals surface area contributed by atoms with Crippen molar-refractivity contribution in [2.75, 3.05) is 0 Å². The van der Waals surface area contributed by atoms with Gasteiger partial charge in [0.15, 0.2) is 5.82 Å². The number of halogens is 3. The Morgan fingerprint density at radius 1 is 1.39 bits per heavy atom. The first-order valence-corrected chi connectivity index (χ1v) is 6.54. The second-order valence-electron chi connectivity index (χ2n) is 3.65. The molecule has 0 spiro atoms. The minimum absolute atomic E-state index is 0.0532. The summed E-state index contributed by atoms with van der Waals surface area (Å²) >= 11 is 9.14. The molecule has 0 radical (unpaired) electrons. The topological polar surface area (TPSA) is 22.1 Å². The first-order valence-electron chi connectivity index (χ1n) is 5.37. The zero-order chi connectivity index (χ0) is 13.1. The maximum absolute atomic E-state index is 13.6. The highest BCUT2D eigenvalue weighted by atomic mass is 79.9. The Labute approximate surface area is 118 Å². The van der Waals surface area contributed by atoms with Gasteiger partial charge >= 0.3 is 0 Å².